The molecule has 1 amide bonds. The van der Waals surface area contributed by atoms with Crippen LogP contribution >= 0.6 is 0 Å². The number of aliphatic carboxylic acids is 1. The summed E-state index contributed by atoms with van der Waals surface area (Å²) in [7, 11) is 1.81. The monoisotopic (exact) mass is 239 g/mol. The van der Waals surface area contributed by atoms with Gasteiger partial charge in [0.1, 0.15) is 5.92 Å². The summed E-state index contributed by atoms with van der Waals surface area (Å²) in [5, 5.41) is 15.4. The molecule has 0 saturated carbocycles. The van der Waals surface area contributed by atoms with Gasteiger partial charge in [-0.05, 0) is 20.8 Å². The van der Waals surface area contributed by atoms with E-state index in [1.54, 1.807) is 17.8 Å². The SMILES string of the molecule is Cc1c(C(C)NC(=O)C(C)C(=O)O)cnn1C. The van der Waals surface area contributed by atoms with E-state index in [0.717, 1.165) is 11.3 Å². The fourth-order valence-corrected chi connectivity index (χ4v) is 1.47. The first-order chi connectivity index (χ1) is 7.84. The van der Waals surface area contributed by atoms with Crippen molar-refractivity contribution in [2.45, 2.75) is 26.8 Å². The molecule has 0 spiro atoms. The van der Waals surface area contributed by atoms with Crippen molar-refractivity contribution >= 4 is 11.9 Å². The zero-order valence-electron chi connectivity index (χ0n) is 10.4. The Balaban J connectivity index is 2.73. The average Bonchev–Trinajstić information content (AvgIpc) is 2.58. The van der Waals surface area contributed by atoms with Crippen LogP contribution in [0.1, 0.15) is 31.1 Å². The molecule has 0 aliphatic heterocycles. The summed E-state index contributed by atoms with van der Waals surface area (Å²) in [5.41, 5.74) is 1.83. The smallest absolute Gasteiger partial charge is 0.315 e. The first-order valence-electron chi connectivity index (χ1n) is 5.36. The molecule has 2 atom stereocenters. The van der Waals surface area contributed by atoms with Crippen LogP contribution in [-0.4, -0.2) is 26.8 Å². The summed E-state index contributed by atoms with van der Waals surface area (Å²) in [4.78, 5) is 22.2. The summed E-state index contributed by atoms with van der Waals surface area (Å²) in [6.45, 7) is 5.06. The van der Waals surface area contributed by atoms with Gasteiger partial charge in [-0.15, -0.1) is 0 Å². The van der Waals surface area contributed by atoms with E-state index in [2.05, 4.69) is 10.4 Å². The minimum absolute atomic E-state index is 0.252. The van der Waals surface area contributed by atoms with Gasteiger partial charge >= 0.3 is 5.97 Å². The predicted octanol–water partition coefficient (Wildman–Crippen LogP) is 0.626. The molecule has 6 nitrogen and oxygen atoms in total. The minimum atomic E-state index is -1.13. The molecule has 1 aromatic heterocycles. The second-order valence-corrected chi connectivity index (χ2v) is 4.10. The Kier molecular flexibility index (Phi) is 3.88. The van der Waals surface area contributed by atoms with Gasteiger partial charge < -0.3 is 10.4 Å². The highest BCUT2D eigenvalue weighted by atomic mass is 16.4. The quantitative estimate of drug-likeness (QED) is 0.755. The van der Waals surface area contributed by atoms with E-state index in [9.17, 15) is 9.59 Å². The van der Waals surface area contributed by atoms with E-state index < -0.39 is 17.8 Å². The summed E-state index contributed by atoms with van der Waals surface area (Å²) in [5.74, 6) is -2.67. The summed E-state index contributed by atoms with van der Waals surface area (Å²) < 4.78 is 1.71. The molecular formula is C11H17N3O3. The number of hydrogen-bond acceptors (Lipinski definition) is 3. The van der Waals surface area contributed by atoms with Crippen molar-refractivity contribution in [3.8, 4) is 0 Å². The Morgan fingerprint density at radius 1 is 1.47 bits per heavy atom. The number of carbonyl (C=O) groups is 2. The average molecular weight is 239 g/mol. The highest BCUT2D eigenvalue weighted by molar-refractivity contribution is 5.96. The van der Waals surface area contributed by atoms with Crippen LogP contribution in [0.5, 0.6) is 0 Å². The van der Waals surface area contributed by atoms with E-state index in [1.807, 2.05) is 14.0 Å². The van der Waals surface area contributed by atoms with Crippen LogP contribution in [0.15, 0.2) is 6.20 Å². The number of carbonyl (C=O) groups excluding carboxylic acids is 1. The largest absolute Gasteiger partial charge is 0.481 e. The van der Waals surface area contributed by atoms with E-state index >= 15 is 0 Å². The van der Waals surface area contributed by atoms with Gasteiger partial charge in [-0.2, -0.15) is 5.10 Å². The summed E-state index contributed by atoms with van der Waals surface area (Å²) in [6, 6.07) is -0.252. The van der Waals surface area contributed by atoms with Crippen molar-refractivity contribution in [2.75, 3.05) is 0 Å². The molecule has 1 rings (SSSR count). The third-order valence-electron chi connectivity index (χ3n) is 2.86. The predicted molar refractivity (Wildman–Crippen MR) is 61.3 cm³/mol. The molecule has 2 N–H and O–H groups in total. The molecule has 17 heavy (non-hydrogen) atoms. The van der Waals surface area contributed by atoms with E-state index in [0.29, 0.717) is 0 Å². The molecule has 1 heterocycles. The second kappa shape index (κ2) is 4.99. The Labute approximate surface area is 99.6 Å². The molecule has 0 fully saturated rings. The number of aryl methyl sites for hydroxylation is 1. The van der Waals surface area contributed by atoms with Gasteiger partial charge in [0.15, 0.2) is 0 Å². The molecule has 0 aromatic carbocycles. The topological polar surface area (TPSA) is 84.2 Å². The molecule has 0 aliphatic carbocycles. The van der Waals surface area contributed by atoms with E-state index in [4.69, 9.17) is 5.11 Å². The molecule has 94 valence electrons. The lowest BCUT2D eigenvalue weighted by molar-refractivity contribution is -0.146. The Bertz CT molecular complexity index is 439. The number of rotatable bonds is 4. The van der Waals surface area contributed by atoms with Crippen LogP contribution in [0.2, 0.25) is 0 Å². The maximum absolute atomic E-state index is 11.6. The molecule has 0 radical (unpaired) electrons. The lowest BCUT2D eigenvalue weighted by atomic mass is 10.1. The van der Waals surface area contributed by atoms with Crippen molar-refractivity contribution in [3.05, 3.63) is 17.5 Å². The number of nitrogens with zero attached hydrogens (tertiary/aromatic N) is 2. The summed E-state index contributed by atoms with van der Waals surface area (Å²) >= 11 is 0. The Hall–Kier alpha value is -1.85. The number of carboxylic acid groups (broad SMARTS) is 1. The fraction of sp³-hybridized carbons (Fsp3) is 0.545. The first kappa shape index (κ1) is 13.2. The maximum Gasteiger partial charge on any atom is 0.315 e. The zero-order chi connectivity index (χ0) is 13.2. The van der Waals surface area contributed by atoms with Crippen LogP contribution in [0, 0.1) is 12.8 Å². The number of nitrogens with one attached hydrogen (secondary N) is 1. The van der Waals surface area contributed by atoms with Crippen LogP contribution in [0.25, 0.3) is 0 Å². The highest BCUT2D eigenvalue weighted by Gasteiger charge is 2.23. The van der Waals surface area contributed by atoms with Crippen LogP contribution in [0.4, 0.5) is 0 Å². The van der Waals surface area contributed by atoms with Gasteiger partial charge in [0, 0.05) is 18.3 Å². The van der Waals surface area contributed by atoms with Crippen LogP contribution in [0.3, 0.4) is 0 Å². The molecule has 0 aliphatic rings. The third-order valence-corrected chi connectivity index (χ3v) is 2.86. The normalized spacial score (nSPS) is 14.1. The van der Waals surface area contributed by atoms with E-state index in [1.165, 1.54) is 6.92 Å². The number of hydrogen-bond donors (Lipinski definition) is 2. The molecule has 2 unspecified atom stereocenters. The molecular weight excluding hydrogens is 222 g/mol. The molecule has 6 heteroatoms. The maximum atomic E-state index is 11.6. The third kappa shape index (κ3) is 2.83. The van der Waals surface area contributed by atoms with Crippen molar-refractivity contribution in [1.82, 2.24) is 15.1 Å². The van der Waals surface area contributed by atoms with Gasteiger partial charge in [0.2, 0.25) is 5.91 Å². The van der Waals surface area contributed by atoms with Gasteiger partial charge in [0.05, 0.1) is 12.2 Å². The van der Waals surface area contributed by atoms with Crippen LogP contribution < -0.4 is 5.32 Å². The summed E-state index contributed by atoms with van der Waals surface area (Å²) in [6.07, 6.45) is 1.67. The zero-order valence-corrected chi connectivity index (χ0v) is 10.4. The number of carboxylic acids is 1. The van der Waals surface area contributed by atoms with Gasteiger partial charge in [0.25, 0.3) is 0 Å². The van der Waals surface area contributed by atoms with Crippen molar-refractivity contribution in [2.24, 2.45) is 13.0 Å². The van der Waals surface area contributed by atoms with Crippen molar-refractivity contribution in [3.63, 3.8) is 0 Å². The lowest BCUT2D eigenvalue weighted by Crippen LogP contribution is -2.35. The minimum Gasteiger partial charge on any atom is -0.481 e. The van der Waals surface area contributed by atoms with Crippen LogP contribution in [-0.2, 0) is 16.6 Å². The molecule has 0 bridgehead atoms. The Morgan fingerprint density at radius 3 is 2.47 bits per heavy atom. The van der Waals surface area contributed by atoms with Gasteiger partial charge in [-0.25, -0.2) is 0 Å². The molecule has 0 saturated heterocycles. The number of amides is 1. The molecule has 1 aromatic rings. The standard InChI is InChI=1S/C11H17N3O3/c1-6(11(16)17)10(15)13-7(2)9-5-12-14(4)8(9)3/h5-7H,1-4H3,(H,13,15)(H,16,17). The second-order valence-electron chi connectivity index (χ2n) is 4.10. The fourth-order valence-electron chi connectivity index (χ4n) is 1.47. The van der Waals surface area contributed by atoms with Gasteiger partial charge in [-0.1, -0.05) is 0 Å². The first-order valence-corrected chi connectivity index (χ1v) is 5.36. The Morgan fingerprint density at radius 2 is 2.06 bits per heavy atom. The number of aromatic nitrogens is 2. The van der Waals surface area contributed by atoms with Gasteiger partial charge in [-0.3, -0.25) is 14.3 Å². The van der Waals surface area contributed by atoms with Crippen molar-refractivity contribution in [1.29, 1.82) is 0 Å². The highest BCUT2D eigenvalue weighted by Crippen LogP contribution is 2.16. The van der Waals surface area contributed by atoms with E-state index in [-0.39, 0.29) is 6.04 Å². The lowest BCUT2D eigenvalue weighted by Gasteiger charge is -2.15. The van der Waals surface area contributed by atoms with Crippen molar-refractivity contribution < 1.29 is 14.7 Å².